The van der Waals surface area contributed by atoms with Gasteiger partial charge >= 0.3 is 0 Å². The predicted molar refractivity (Wildman–Crippen MR) is 129 cm³/mol. The second-order valence-electron chi connectivity index (χ2n) is 7.47. The Balaban J connectivity index is 1.40. The second-order valence-corrected chi connectivity index (χ2v) is 8.26. The number of carbonyl (C=O) groups excluding carboxylic acids is 3. The van der Waals surface area contributed by atoms with Crippen molar-refractivity contribution in [3.8, 4) is 0 Å². The summed E-state index contributed by atoms with van der Waals surface area (Å²) in [6.07, 6.45) is 0.513. The fourth-order valence-corrected chi connectivity index (χ4v) is 3.78. The van der Waals surface area contributed by atoms with E-state index in [1.165, 1.54) is 24.3 Å². The molecule has 3 aromatic rings. The van der Waals surface area contributed by atoms with Gasteiger partial charge in [0.1, 0.15) is 16.5 Å². The number of benzene rings is 3. The van der Waals surface area contributed by atoms with Gasteiger partial charge in [-0.25, -0.2) is 4.39 Å². The first-order valence-electron chi connectivity index (χ1n) is 10.3. The molecule has 0 saturated heterocycles. The Morgan fingerprint density at radius 1 is 0.882 bits per heavy atom. The molecule has 2 N–H and O–H groups in total. The van der Waals surface area contributed by atoms with Gasteiger partial charge in [0.25, 0.3) is 17.7 Å². The highest BCUT2D eigenvalue weighted by Crippen LogP contribution is 2.26. The maximum atomic E-state index is 13.3. The first kappa shape index (κ1) is 23.5. The minimum atomic E-state index is -0.582. The first-order chi connectivity index (χ1) is 16.3. The van der Waals surface area contributed by atoms with Crippen LogP contribution in [-0.2, 0) is 16.0 Å². The molecular weight excluding hydrogens is 480 g/mol. The summed E-state index contributed by atoms with van der Waals surface area (Å²) in [5, 5.41) is 5.21. The van der Waals surface area contributed by atoms with Crippen molar-refractivity contribution in [2.45, 2.75) is 6.42 Å². The van der Waals surface area contributed by atoms with E-state index in [0.29, 0.717) is 23.4 Å². The van der Waals surface area contributed by atoms with Crippen molar-refractivity contribution in [3.63, 3.8) is 0 Å². The zero-order valence-corrected chi connectivity index (χ0v) is 19.2. The van der Waals surface area contributed by atoms with E-state index >= 15 is 0 Å². The van der Waals surface area contributed by atoms with Gasteiger partial charge in [-0.15, -0.1) is 0 Å². The molecule has 0 radical (unpaired) electrons. The summed E-state index contributed by atoms with van der Waals surface area (Å²) in [7, 11) is 0. The Hall–Kier alpha value is -3.68. The standard InChI is InChI=1S/C25H18Cl2FN3O3/c26-19-14-18(10-11-20(19)28)30-23(32)16-6-8-17(9-7-16)29-22-21(27)24(33)31(25(22)34)13-12-15-4-2-1-3-5-15/h1-11,14,29H,12-13H2,(H,30,32). The highest BCUT2D eigenvalue weighted by molar-refractivity contribution is 6.48. The van der Waals surface area contributed by atoms with E-state index in [0.717, 1.165) is 16.5 Å². The van der Waals surface area contributed by atoms with Crippen LogP contribution in [0.3, 0.4) is 0 Å². The van der Waals surface area contributed by atoms with E-state index in [1.807, 2.05) is 30.3 Å². The van der Waals surface area contributed by atoms with Gasteiger partial charge in [-0.3, -0.25) is 19.3 Å². The number of nitrogens with zero attached hydrogens (tertiary/aromatic N) is 1. The van der Waals surface area contributed by atoms with Gasteiger partial charge in [-0.1, -0.05) is 53.5 Å². The van der Waals surface area contributed by atoms with E-state index in [-0.39, 0.29) is 22.3 Å². The molecule has 0 bridgehead atoms. The van der Waals surface area contributed by atoms with Gasteiger partial charge in [0, 0.05) is 23.5 Å². The summed E-state index contributed by atoms with van der Waals surface area (Å²) < 4.78 is 13.3. The fraction of sp³-hybridized carbons (Fsp3) is 0.0800. The van der Waals surface area contributed by atoms with E-state index in [9.17, 15) is 18.8 Å². The first-order valence-corrected chi connectivity index (χ1v) is 11.0. The maximum Gasteiger partial charge on any atom is 0.278 e. The number of amides is 3. The van der Waals surface area contributed by atoms with E-state index < -0.39 is 23.5 Å². The molecule has 3 amide bonds. The molecule has 6 nitrogen and oxygen atoms in total. The summed E-state index contributed by atoms with van der Waals surface area (Å²) >= 11 is 11.9. The summed E-state index contributed by atoms with van der Waals surface area (Å²) in [5.41, 5.74) is 2.13. The Morgan fingerprint density at radius 2 is 1.56 bits per heavy atom. The van der Waals surface area contributed by atoms with Crippen LogP contribution >= 0.6 is 23.2 Å². The van der Waals surface area contributed by atoms with Crippen molar-refractivity contribution in [2.24, 2.45) is 0 Å². The molecule has 1 aliphatic rings. The molecule has 3 aromatic carbocycles. The molecule has 0 spiro atoms. The summed E-state index contributed by atoms with van der Waals surface area (Å²) in [6.45, 7) is 0.204. The van der Waals surface area contributed by atoms with Gasteiger partial charge in [0.2, 0.25) is 0 Å². The van der Waals surface area contributed by atoms with Crippen LogP contribution in [0, 0.1) is 5.82 Å². The van der Waals surface area contributed by atoms with Crippen LogP contribution in [0.5, 0.6) is 0 Å². The topological polar surface area (TPSA) is 78.5 Å². The third-order valence-corrected chi connectivity index (χ3v) is 5.81. The smallest absolute Gasteiger partial charge is 0.278 e. The summed E-state index contributed by atoms with van der Waals surface area (Å²) in [5.74, 6) is -2.08. The van der Waals surface area contributed by atoms with Gasteiger partial charge < -0.3 is 10.6 Å². The van der Waals surface area contributed by atoms with E-state index in [1.54, 1.807) is 12.1 Å². The second kappa shape index (κ2) is 10.1. The average molecular weight is 498 g/mol. The number of carbonyl (C=O) groups is 3. The number of anilines is 2. The lowest BCUT2D eigenvalue weighted by molar-refractivity contribution is -0.137. The Labute approximate surface area is 205 Å². The van der Waals surface area contributed by atoms with Crippen molar-refractivity contribution in [3.05, 3.63) is 105 Å². The normalized spacial score (nSPS) is 13.4. The lowest BCUT2D eigenvalue weighted by Crippen LogP contribution is -2.34. The maximum absolute atomic E-state index is 13.3. The molecule has 0 atom stereocenters. The van der Waals surface area contributed by atoms with Crippen LogP contribution < -0.4 is 10.6 Å². The predicted octanol–water partition coefficient (Wildman–Crippen LogP) is 5.21. The van der Waals surface area contributed by atoms with Crippen LogP contribution in [0.1, 0.15) is 15.9 Å². The molecular formula is C25H18Cl2FN3O3. The molecule has 0 aliphatic carbocycles. The highest BCUT2D eigenvalue weighted by atomic mass is 35.5. The molecule has 1 aliphatic heterocycles. The molecule has 0 aromatic heterocycles. The van der Waals surface area contributed by atoms with Crippen molar-refractivity contribution in [1.82, 2.24) is 4.90 Å². The van der Waals surface area contributed by atoms with Crippen LogP contribution in [0.2, 0.25) is 5.02 Å². The van der Waals surface area contributed by atoms with Crippen molar-refractivity contribution in [2.75, 3.05) is 17.2 Å². The van der Waals surface area contributed by atoms with Crippen LogP contribution in [0.25, 0.3) is 0 Å². The molecule has 0 unspecified atom stereocenters. The number of imide groups is 1. The Morgan fingerprint density at radius 3 is 2.24 bits per heavy atom. The van der Waals surface area contributed by atoms with Gasteiger partial charge in [-0.2, -0.15) is 0 Å². The molecule has 34 heavy (non-hydrogen) atoms. The zero-order chi connectivity index (χ0) is 24.2. The number of rotatable bonds is 7. The average Bonchev–Trinajstić information content (AvgIpc) is 3.04. The molecule has 172 valence electrons. The van der Waals surface area contributed by atoms with E-state index in [2.05, 4.69) is 10.6 Å². The quantitative estimate of drug-likeness (QED) is 0.439. The Bertz CT molecular complexity index is 1290. The van der Waals surface area contributed by atoms with Crippen LogP contribution in [-0.4, -0.2) is 29.2 Å². The van der Waals surface area contributed by atoms with Crippen molar-refractivity contribution >= 4 is 52.3 Å². The number of hydrogen-bond donors (Lipinski definition) is 2. The summed E-state index contributed by atoms with van der Waals surface area (Å²) in [4.78, 5) is 38.8. The lowest BCUT2D eigenvalue weighted by Gasteiger charge is -2.15. The Kier molecular flexibility index (Phi) is 6.95. The molecule has 9 heteroatoms. The molecule has 0 saturated carbocycles. The van der Waals surface area contributed by atoms with Gasteiger partial charge in [0.05, 0.1) is 5.02 Å². The third-order valence-electron chi connectivity index (χ3n) is 5.17. The van der Waals surface area contributed by atoms with Crippen LogP contribution in [0.15, 0.2) is 83.5 Å². The fourth-order valence-electron chi connectivity index (χ4n) is 3.37. The molecule has 4 rings (SSSR count). The molecule has 1 heterocycles. The largest absolute Gasteiger partial charge is 0.350 e. The monoisotopic (exact) mass is 497 g/mol. The van der Waals surface area contributed by atoms with Gasteiger partial charge in [-0.05, 0) is 54.4 Å². The summed E-state index contributed by atoms with van der Waals surface area (Å²) in [6, 6.07) is 19.6. The number of nitrogens with one attached hydrogen (secondary N) is 2. The molecule has 0 fully saturated rings. The number of hydrogen-bond acceptors (Lipinski definition) is 4. The van der Waals surface area contributed by atoms with Crippen LogP contribution in [0.4, 0.5) is 15.8 Å². The highest BCUT2D eigenvalue weighted by Gasteiger charge is 2.37. The van der Waals surface area contributed by atoms with Crippen molar-refractivity contribution in [1.29, 1.82) is 0 Å². The van der Waals surface area contributed by atoms with E-state index in [4.69, 9.17) is 23.2 Å². The van der Waals surface area contributed by atoms with Crippen molar-refractivity contribution < 1.29 is 18.8 Å². The number of halogens is 3. The zero-order valence-electron chi connectivity index (χ0n) is 17.6. The third kappa shape index (κ3) is 5.11. The SMILES string of the molecule is O=C(Nc1ccc(F)c(Cl)c1)c1ccc(NC2=C(Cl)C(=O)N(CCc3ccccc3)C2=O)cc1. The lowest BCUT2D eigenvalue weighted by atomic mass is 10.1. The van der Waals surface area contributed by atoms with Gasteiger partial charge in [0.15, 0.2) is 0 Å². The minimum Gasteiger partial charge on any atom is -0.350 e. The minimum absolute atomic E-state index is 0.0158.